The predicted octanol–water partition coefficient (Wildman–Crippen LogP) is 4.66. The van der Waals surface area contributed by atoms with Gasteiger partial charge in [-0.3, -0.25) is 10.1 Å². The van der Waals surface area contributed by atoms with Crippen molar-refractivity contribution >= 4 is 23.4 Å². The number of hydrogen-bond acceptors (Lipinski definition) is 8. The van der Waals surface area contributed by atoms with Crippen molar-refractivity contribution in [2.75, 3.05) is 0 Å². The van der Waals surface area contributed by atoms with Crippen LogP contribution in [0.25, 0.3) is 0 Å². The summed E-state index contributed by atoms with van der Waals surface area (Å²) >= 11 is 1.26. The van der Waals surface area contributed by atoms with Crippen molar-refractivity contribution in [3.8, 4) is 0 Å². The third-order valence-corrected chi connectivity index (χ3v) is 4.89. The molecule has 0 saturated heterocycles. The maximum atomic E-state index is 12.4. The van der Waals surface area contributed by atoms with Crippen LogP contribution in [0.4, 0.5) is 5.69 Å². The van der Waals surface area contributed by atoms with Gasteiger partial charge in [-0.15, -0.1) is 10.2 Å². The quantitative estimate of drug-likeness (QED) is 0.334. The molecule has 0 radical (unpaired) electrons. The molecule has 0 spiro atoms. The van der Waals surface area contributed by atoms with E-state index in [0.29, 0.717) is 10.8 Å². The van der Waals surface area contributed by atoms with Gasteiger partial charge in [0.2, 0.25) is 5.89 Å². The molecule has 0 aliphatic heterocycles. The Labute approximate surface area is 165 Å². The van der Waals surface area contributed by atoms with E-state index in [2.05, 4.69) is 10.2 Å². The normalized spacial score (nSPS) is 11.8. The smallest absolute Gasteiger partial charge is 0.339 e. The van der Waals surface area contributed by atoms with Crippen molar-refractivity contribution < 1.29 is 18.9 Å². The average molecular weight is 399 g/mol. The largest absolute Gasteiger partial charge is 0.449 e. The first-order valence-corrected chi connectivity index (χ1v) is 9.19. The summed E-state index contributed by atoms with van der Waals surface area (Å²) in [7, 11) is 0. The van der Waals surface area contributed by atoms with Crippen molar-refractivity contribution in [3.05, 3.63) is 75.5 Å². The highest BCUT2D eigenvalue weighted by Crippen LogP contribution is 2.35. The molecule has 3 aromatic rings. The molecule has 0 amide bonds. The summed E-state index contributed by atoms with van der Waals surface area (Å²) in [6.45, 7) is 5.17. The fourth-order valence-corrected chi connectivity index (χ4v) is 3.26. The summed E-state index contributed by atoms with van der Waals surface area (Å²) < 4.78 is 10.5. The van der Waals surface area contributed by atoms with E-state index in [9.17, 15) is 14.9 Å². The Hall–Kier alpha value is -3.20. The predicted molar refractivity (Wildman–Crippen MR) is 101 cm³/mol. The standard InChI is InChI=1S/C19H17N3O5S/c1-11-4-7-15(8-5-11)28-17-9-6-14(10-16(17)22(24)25)19(23)26-12(2)18-21-20-13(3)27-18/h4-10,12H,1-3H3. The number of nitro benzene ring substituents is 1. The van der Waals surface area contributed by atoms with Crippen LogP contribution in [0.5, 0.6) is 0 Å². The molecule has 0 fully saturated rings. The fraction of sp³-hybridized carbons (Fsp3) is 0.211. The van der Waals surface area contributed by atoms with Crippen LogP contribution in [0, 0.1) is 24.0 Å². The topological polar surface area (TPSA) is 108 Å². The SMILES string of the molecule is Cc1ccc(Sc2ccc(C(=O)OC(C)c3nnc(C)o3)cc2[N+](=O)[O-])cc1. The van der Waals surface area contributed by atoms with Crippen LogP contribution in [0.15, 0.2) is 56.7 Å². The van der Waals surface area contributed by atoms with Gasteiger partial charge in [-0.2, -0.15) is 0 Å². The van der Waals surface area contributed by atoms with Gasteiger partial charge in [0, 0.05) is 17.9 Å². The first-order valence-electron chi connectivity index (χ1n) is 8.37. The van der Waals surface area contributed by atoms with Gasteiger partial charge < -0.3 is 9.15 Å². The van der Waals surface area contributed by atoms with E-state index in [-0.39, 0.29) is 17.1 Å². The third-order valence-electron chi connectivity index (χ3n) is 3.81. The molecule has 0 N–H and O–H groups in total. The number of aromatic nitrogens is 2. The number of ether oxygens (including phenoxy) is 1. The Bertz CT molecular complexity index is 1020. The molecule has 8 nitrogen and oxygen atoms in total. The number of carbonyl (C=O) groups is 1. The second-order valence-electron chi connectivity index (χ2n) is 6.06. The molecule has 1 atom stereocenters. The Morgan fingerprint density at radius 2 is 1.89 bits per heavy atom. The molecule has 3 rings (SSSR count). The van der Waals surface area contributed by atoms with E-state index < -0.39 is 17.0 Å². The summed E-state index contributed by atoms with van der Waals surface area (Å²) in [4.78, 5) is 24.7. The average Bonchev–Trinajstić information content (AvgIpc) is 3.10. The number of rotatable bonds is 6. The van der Waals surface area contributed by atoms with E-state index in [1.807, 2.05) is 31.2 Å². The molecule has 1 heterocycles. The fourth-order valence-electron chi connectivity index (χ4n) is 2.36. The van der Waals surface area contributed by atoms with Gasteiger partial charge in [0.05, 0.1) is 15.4 Å². The lowest BCUT2D eigenvalue weighted by atomic mass is 10.2. The van der Waals surface area contributed by atoms with Crippen LogP contribution in [0.1, 0.15) is 40.7 Å². The molecular weight excluding hydrogens is 382 g/mol. The number of esters is 1. The Kier molecular flexibility index (Phi) is 5.74. The van der Waals surface area contributed by atoms with Gasteiger partial charge >= 0.3 is 5.97 Å². The molecule has 144 valence electrons. The zero-order valence-corrected chi connectivity index (χ0v) is 16.2. The molecular formula is C19H17N3O5S. The molecule has 28 heavy (non-hydrogen) atoms. The number of nitrogens with zero attached hydrogens (tertiary/aromatic N) is 3. The van der Waals surface area contributed by atoms with Crippen LogP contribution in [0.2, 0.25) is 0 Å². The van der Waals surface area contributed by atoms with Crippen molar-refractivity contribution in [3.63, 3.8) is 0 Å². The van der Waals surface area contributed by atoms with Gasteiger partial charge in [-0.1, -0.05) is 29.5 Å². The highest BCUT2D eigenvalue weighted by atomic mass is 32.2. The van der Waals surface area contributed by atoms with Crippen LogP contribution >= 0.6 is 11.8 Å². The minimum Gasteiger partial charge on any atom is -0.449 e. The molecule has 2 aromatic carbocycles. The van der Waals surface area contributed by atoms with E-state index >= 15 is 0 Å². The number of nitro groups is 1. The van der Waals surface area contributed by atoms with Gasteiger partial charge in [-0.05, 0) is 38.1 Å². The monoisotopic (exact) mass is 399 g/mol. The number of hydrogen-bond donors (Lipinski definition) is 0. The first kappa shape index (κ1) is 19.6. The Morgan fingerprint density at radius 1 is 1.18 bits per heavy atom. The summed E-state index contributed by atoms with van der Waals surface area (Å²) in [5, 5.41) is 19.0. The molecule has 1 unspecified atom stereocenters. The van der Waals surface area contributed by atoms with Crippen molar-refractivity contribution in [2.45, 2.75) is 36.7 Å². The third kappa shape index (κ3) is 4.55. The maximum Gasteiger partial charge on any atom is 0.339 e. The second-order valence-corrected chi connectivity index (χ2v) is 7.18. The highest BCUT2D eigenvalue weighted by Gasteiger charge is 2.22. The second kappa shape index (κ2) is 8.22. The van der Waals surface area contributed by atoms with Gasteiger partial charge in [0.1, 0.15) is 0 Å². The van der Waals surface area contributed by atoms with Crippen LogP contribution in [0.3, 0.4) is 0 Å². The zero-order valence-electron chi connectivity index (χ0n) is 15.4. The maximum absolute atomic E-state index is 12.4. The lowest BCUT2D eigenvalue weighted by Gasteiger charge is -2.10. The van der Waals surface area contributed by atoms with Crippen LogP contribution in [-0.4, -0.2) is 21.1 Å². The molecule has 0 aliphatic carbocycles. The van der Waals surface area contributed by atoms with Crippen LogP contribution in [-0.2, 0) is 4.74 Å². The summed E-state index contributed by atoms with van der Waals surface area (Å²) in [6.07, 6.45) is -0.769. The van der Waals surface area contributed by atoms with Crippen molar-refractivity contribution in [2.24, 2.45) is 0 Å². The summed E-state index contributed by atoms with van der Waals surface area (Å²) in [5.74, 6) is -0.198. The number of benzene rings is 2. The number of aryl methyl sites for hydroxylation is 2. The molecule has 0 saturated carbocycles. The molecule has 9 heteroatoms. The molecule has 0 aliphatic rings. The Balaban J connectivity index is 1.80. The number of carbonyl (C=O) groups excluding carboxylic acids is 1. The van der Waals surface area contributed by atoms with E-state index in [0.717, 1.165) is 10.5 Å². The molecule has 1 aromatic heterocycles. The van der Waals surface area contributed by atoms with Gasteiger partial charge in [0.25, 0.3) is 11.6 Å². The van der Waals surface area contributed by atoms with Crippen molar-refractivity contribution in [1.29, 1.82) is 0 Å². The van der Waals surface area contributed by atoms with E-state index in [1.165, 1.54) is 23.9 Å². The highest BCUT2D eigenvalue weighted by molar-refractivity contribution is 7.99. The Morgan fingerprint density at radius 3 is 2.50 bits per heavy atom. The van der Waals surface area contributed by atoms with Gasteiger partial charge in [0.15, 0.2) is 6.10 Å². The lowest BCUT2D eigenvalue weighted by molar-refractivity contribution is -0.387. The zero-order chi connectivity index (χ0) is 20.3. The lowest BCUT2D eigenvalue weighted by Crippen LogP contribution is -2.10. The summed E-state index contributed by atoms with van der Waals surface area (Å²) in [5.41, 5.74) is 1.01. The minimum absolute atomic E-state index is 0.0723. The van der Waals surface area contributed by atoms with E-state index in [4.69, 9.17) is 9.15 Å². The van der Waals surface area contributed by atoms with E-state index in [1.54, 1.807) is 19.9 Å². The minimum atomic E-state index is -0.769. The molecule has 0 bridgehead atoms. The first-order chi connectivity index (χ1) is 13.3. The van der Waals surface area contributed by atoms with Crippen LogP contribution < -0.4 is 0 Å². The summed E-state index contributed by atoms with van der Waals surface area (Å²) in [6, 6.07) is 11.9. The van der Waals surface area contributed by atoms with Crippen molar-refractivity contribution in [1.82, 2.24) is 10.2 Å². The van der Waals surface area contributed by atoms with Gasteiger partial charge in [-0.25, -0.2) is 4.79 Å².